The number of aromatic nitrogens is 2. The van der Waals surface area contributed by atoms with Gasteiger partial charge in [-0.25, -0.2) is 9.59 Å². The second-order valence-corrected chi connectivity index (χ2v) is 6.41. The predicted octanol–water partition coefficient (Wildman–Crippen LogP) is 1.37. The summed E-state index contributed by atoms with van der Waals surface area (Å²) < 4.78 is 6.79. The topological polar surface area (TPSA) is 113 Å². The Bertz CT molecular complexity index is 1190. The smallest absolute Gasteiger partial charge is 0.338 e. The molecule has 8 heteroatoms. The van der Waals surface area contributed by atoms with E-state index in [1.165, 1.54) is 14.1 Å². The third-order valence-corrected chi connectivity index (χ3v) is 4.55. The average Bonchev–Trinajstić information content (AvgIpc) is 2.75. The lowest BCUT2D eigenvalue weighted by Gasteiger charge is -2.11. The van der Waals surface area contributed by atoms with Crippen LogP contribution < -0.4 is 17.0 Å². The molecule has 8 nitrogen and oxygen atoms in total. The Labute approximate surface area is 165 Å². The van der Waals surface area contributed by atoms with Gasteiger partial charge in [0.2, 0.25) is 5.78 Å². The first-order valence-corrected chi connectivity index (χ1v) is 8.72. The van der Waals surface area contributed by atoms with Gasteiger partial charge in [0, 0.05) is 14.1 Å². The van der Waals surface area contributed by atoms with E-state index in [9.17, 15) is 19.2 Å². The minimum absolute atomic E-state index is 0.263. The largest absolute Gasteiger partial charge is 0.454 e. The van der Waals surface area contributed by atoms with E-state index in [4.69, 9.17) is 10.5 Å². The minimum Gasteiger partial charge on any atom is -0.454 e. The van der Waals surface area contributed by atoms with Crippen LogP contribution in [0.5, 0.6) is 0 Å². The first kappa shape index (κ1) is 19.8. The molecule has 0 saturated heterocycles. The average molecular weight is 393 g/mol. The normalized spacial score (nSPS) is 10.6. The summed E-state index contributed by atoms with van der Waals surface area (Å²) in [5.74, 6) is -1.77. The van der Waals surface area contributed by atoms with Gasteiger partial charge in [0.25, 0.3) is 5.56 Å². The van der Waals surface area contributed by atoms with Crippen molar-refractivity contribution < 1.29 is 14.3 Å². The summed E-state index contributed by atoms with van der Waals surface area (Å²) in [6, 6.07) is 16.4. The van der Waals surface area contributed by atoms with Crippen LogP contribution in [0, 0.1) is 0 Å². The van der Waals surface area contributed by atoms with E-state index in [1.807, 2.05) is 30.3 Å². The zero-order valence-electron chi connectivity index (χ0n) is 15.9. The summed E-state index contributed by atoms with van der Waals surface area (Å²) in [7, 11) is 2.58. The lowest BCUT2D eigenvalue weighted by atomic mass is 10.0. The van der Waals surface area contributed by atoms with Crippen molar-refractivity contribution in [2.45, 2.75) is 0 Å². The number of Topliss-reactive ketones (excluding diaryl/α,β-unsaturated/α-hetero) is 1. The van der Waals surface area contributed by atoms with Crippen molar-refractivity contribution in [3.63, 3.8) is 0 Å². The van der Waals surface area contributed by atoms with Crippen molar-refractivity contribution in [1.29, 1.82) is 0 Å². The fourth-order valence-corrected chi connectivity index (χ4v) is 2.84. The van der Waals surface area contributed by atoms with Crippen LogP contribution in [0.1, 0.15) is 20.7 Å². The first-order chi connectivity index (χ1) is 13.8. The highest BCUT2D eigenvalue weighted by Crippen LogP contribution is 2.19. The van der Waals surface area contributed by atoms with E-state index in [0.29, 0.717) is 0 Å². The number of nitrogen functional groups attached to an aromatic ring is 1. The van der Waals surface area contributed by atoms with Gasteiger partial charge < -0.3 is 10.5 Å². The number of hydrogen-bond acceptors (Lipinski definition) is 6. The van der Waals surface area contributed by atoms with Gasteiger partial charge >= 0.3 is 11.7 Å². The highest BCUT2D eigenvalue weighted by molar-refractivity contribution is 6.02. The molecule has 2 N–H and O–H groups in total. The van der Waals surface area contributed by atoms with E-state index >= 15 is 0 Å². The molecule has 3 rings (SSSR count). The lowest BCUT2D eigenvalue weighted by Crippen LogP contribution is -2.42. The molecule has 0 fully saturated rings. The maximum absolute atomic E-state index is 12.4. The maximum atomic E-state index is 12.4. The van der Waals surface area contributed by atoms with Crippen molar-refractivity contribution in [1.82, 2.24) is 9.13 Å². The second kappa shape index (κ2) is 7.97. The van der Waals surface area contributed by atoms with Gasteiger partial charge in [-0.3, -0.25) is 18.7 Å². The fourth-order valence-electron chi connectivity index (χ4n) is 2.84. The zero-order valence-corrected chi connectivity index (χ0v) is 15.9. The molecular weight excluding hydrogens is 374 g/mol. The molecule has 0 aliphatic heterocycles. The molecule has 0 atom stereocenters. The third kappa shape index (κ3) is 3.86. The molecule has 3 aromatic rings. The van der Waals surface area contributed by atoms with Crippen LogP contribution in [-0.4, -0.2) is 27.5 Å². The third-order valence-electron chi connectivity index (χ3n) is 4.55. The summed E-state index contributed by atoms with van der Waals surface area (Å²) in [5, 5.41) is 0. The maximum Gasteiger partial charge on any atom is 0.338 e. The number of nitrogens with zero attached hydrogens (tertiary/aromatic N) is 2. The number of rotatable bonds is 5. The molecule has 2 aromatic carbocycles. The van der Waals surface area contributed by atoms with Crippen molar-refractivity contribution in [2.75, 3.05) is 12.3 Å². The molecule has 0 radical (unpaired) electrons. The number of carbonyl (C=O) groups excluding carboxylic acids is 2. The molecule has 0 aliphatic carbocycles. The SMILES string of the molecule is Cn1c(N)c(C(=O)COC(=O)c2ccc(-c3ccccc3)cc2)c(=O)n(C)c1=O. The molecule has 0 spiro atoms. The number of anilines is 1. The standard InChI is InChI=1S/C21H19N3O5/c1-23-18(22)17(19(26)24(2)21(23)28)16(25)12-29-20(27)15-10-8-14(9-11-15)13-6-4-3-5-7-13/h3-11H,12,22H2,1-2H3. The molecule has 0 saturated carbocycles. The van der Waals surface area contributed by atoms with Gasteiger partial charge in [-0.1, -0.05) is 42.5 Å². The Balaban J connectivity index is 1.74. The molecule has 0 aliphatic rings. The Kier molecular flexibility index (Phi) is 5.45. The van der Waals surface area contributed by atoms with Crippen LogP contribution in [0.3, 0.4) is 0 Å². The van der Waals surface area contributed by atoms with Crippen LogP contribution in [0.25, 0.3) is 11.1 Å². The Morgan fingerprint density at radius 2 is 1.48 bits per heavy atom. The van der Waals surface area contributed by atoms with Crippen LogP contribution in [-0.2, 0) is 18.8 Å². The molecule has 0 amide bonds. The fraction of sp³-hybridized carbons (Fsp3) is 0.143. The summed E-state index contributed by atoms with van der Waals surface area (Å²) in [6.45, 7) is -0.670. The van der Waals surface area contributed by atoms with E-state index in [-0.39, 0.29) is 16.9 Å². The minimum atomic E-state index is -0.834. The van der Waals surface area contributed by atoms with Crippen molar-refractivity contribution >= 4 is 17.6 Å². The van der Waals surface area contributed by atoms with E-state index in [1.54, 1.807) is 24.3 Å². The number of esters is 1. The molecule has 148 valence electrons. The van der Waals surface area contributed by atoms with E-state index in [0.717, 1.165) is 20.3 Å². The summed E-state index contributed by atoms with van der Waals surface area (Å²) in [4.78, 5) is 48.6. The zero-order chi connectivity index (χ0) is 21.1. The predicted molar refractivity (Wildman–Crippen MR) is 108 cm³/mol. The molecule has 1 aromatic heterocycles. The Morgan fingerprint density at radius 3 is 2.10 bits per heavy atom. The van der Waals surface area contributed by atoms with Gasteiger partial charge in [-0.2, -0.15) is 0 Å². The van der Waals surface area contributed by atoms with Crippen LogP contribution >= 0.6 is 0 Å². The lowest BCUT2D eigenvalue weighted by molar-refractivity contribution is 0.0474. The van der Waals surface area contributed by atoms with Crippen molar-refractivity contribution in [2.24, 2.45) is 14.1 Å². The number of nitrogens with two attached hydrogens (primary N) is 1. The Morgan fingerprint density at radius 1 is 0.897 bits per heavy atom. The molecule has 29 heavy (non-hydrogen) atoms. The van der Waals surface area contributed by atoms with Gasteiger partial charge in [0.1, 0.15) is 11.4 Å². The number of benzene rings is 2. The number of ketones is 1. The van der Waals surface area contributed by atoms with Gasteiger partial charge in [0.05, 0.1) is 5.56 Å². The Hall–Kier alpha value is -3.94. The monoisotopic (exact) mass is 393 g/mol. The molecule has 0 bridgehead atoms. The van der Waals surface area contributed by atoms with Gasteiger partial charge in [0.15, 0.2) is 6.61 Å². The highest BCUT2D eigenvalue weighted by Gasteiger charge is 2.21. The van der Waals surface area contributed by atoms with Crippen LogP contribution in [0.2, 0.25) is 0 Å². The molecule has 1 heterocycles. The van der Waals surface area contributed by atoms with E-state index < -0.39 is 29.6 Å². The number of carbonyl (C=O) groups is 2. The van der Waals surface area contributed by atoms with Crippen LogP contribution in [0.4, 0.5) is 5.82 Å². The van der Waals surface area contributed by atoms with E-state index in [2.05, 4.69) is 0 Å². The summed E-state index contributed by atoms with van der Waals surface area (Å²) in [6.07, 6.45) is 0. The molecule has 0 unspecified atom stereocenters. The van der Waals surface area contributed by atoms with Gasteiger partial charge in [-0.05, 0) is 23.3 Å². The second-order valence-electron chi connectivity index (χ2n) is 6.41. The number of hydrogen-bond donors (Lipinski definition) is 1. The molecular formula is C21H19N3O5. The highest BCUT2D eigenvalue weighted by atomic mass is 16.5. The quantitative estimate of drug-likeness (QED) is 0.517. The summed E-state index contributed by atoms with van der Waals surface area (Å²) in [5.41, 5.74) is 6.05. The first-order valence-electron chi connectivity index (χ1n) is 8.72. The van der Waals surface area contributed by atoms with Gasteiger partial charge in [-0.15, -0.1) is 0 Å². The van der Waals surface area contributed by atoms with Crippen LogP contribution in [0.15, 0.2) is 64.2 Å². The van der Waals surface area contributed by atoms with Crippen molar-refractivity contribution in [3.05, 3.63) is 86.6 Å². The van der Waals surface area contributed by atoms with Crippen molar-refractivity contribution in [3.8, 4) is 11.1 Å². The summed E-state index contributed by atoms with van der Waals surface area (Å²) >= 11 is 0. The number of ether oxygens (including phenoxy) is 1.